The second kappa shape index (κ2) is 5.27. The number of phenols is 1. The molecule has 0 saturated heterocycles. The molecule has 4 heteroatoms. The number of hydrogen-bond acceptors (Lipinski definition) is 2. The zero-order valence-electron chi connectivity index (χ0n) is 9.82. The van der Waals surface area contributed by atoms with Crippen LogP contribution in [-0.2, 0) is 0 Å². The number of rotatable bonds is 3. The lowest BCUT2D eigenvalue weighted by molar-refractivity contribution is 0.474. The molecule has 0 radical (unpaired) electrons. The molecule has 2 aromatic carbocycles. The molecule has 0 aromatic heterocycles. The summed E-state index contributed by atoms with van der Waals surface area (Å²) in [5.41, 5.74) is 1.26. The van der Waals surface area contributed by atoms with E-state index in [0.29, 0.717) is 10.7 Å². The highest BCUT2D eigenvalue weighted by molar-refractivity contribution is 6.30. The Bertz CT molecular complexity index is 559. The van der Waals surface area contributed by atoms with E-state index in [9.17, 15) is 9.50 Å². The minimum atomic E-state index is -0.394. The molecule has 0 bridgehead atoms. The number of nitrogens with one attached hydrogen (secondary N) is 1. The Balaban J connectivity index is 2.18. The summed E-state index contributed by atoms with van der Waals surface area (Å²) in [5, 5.41) is 12.8. The van der Waals surface area contributed by atoms with Crippen molar-refractivity contribution in [2.45, 2.75) is 13.0 Å². The van der Waals surface area contributed by atoms with Gasteiger partial charge in [-0.1, -0.05) is 23.7 Å². The van der Waals surface area contributed by atoms with Crippen LogP contribution in [0.4, 0.5) is 10.1 Å². The number of halogens is 2. The lowest BCUT2D eigenvalue weighted by Gasteiger charge is -2.16. The Labute approximate surface area is 110 Å². The van der Waals surface area contributed by atoms with Crippen LogP contribution in [0.2, 0.25) is 5.02 Å². The first-order valence-corrected chi connectivity index (χ1v) is 5.94. The van der Waals surface area contributed by atoms with Crippen molar-refractivity contribution in [3.05, 3.63) is 58.9 Å². The Morgan fingerprint density at radius 3 is 2.67 bits per heavy atom. The number of benzene rings is 2. The van der Waals surface area contributed by atoms with Gasteiger partial charge in [-0.15, -0.1) is 0 Å². The fourth-order valence-electron chi connectivity index (χ4n) is 1.72. The summed E-state index contributed by atoms with van der Waals surface area (Å²) in [7, 11) is 0. The monoisotopic (exact) mass is 265 g/mol. The van der Waals surface area contributed by atoms with E-state index in [0.717, 1.165) is 5.56 Å². The van der Waals surface area contributed by atoms with Crippen LogP contribution in [0.1, 0.15) is 18.5 Å². The Kier molecular flexibility index (Phi) is 3.72. The molecule has 2 N–H and O–H groups in total. The SMILES string of the molecule is CC(Nc1ccc(Cl)cc1F)c1cccc(O)c1. The molecule has 0 aliphatic carbocycles. The van der Waals surface area contributed by atoms with E-state index >= 15 is 0 Å². The second-order valence-corrected chi connectivity index (χ2v) is 4.52. The second-order valence-electron chi connectivity index (χ2n) is 4.09. The summed E-state index contributed by atoms with van der Waals surface area (Å²) >= 11 is 5.69. The van der Waals surface area contributed by atoms with Crippen molar-refractivity contribution in [3.63, 3.8) is 0 Å². The lowest BCUT2D eigenvalue weighted by Crippen LogP contribution is -2.07. The smallest absolute Gasteiger partial charge is 0.147 e. The first-order valence-electron chi connectivity index (χ1n) is 5.57. The van der Waals surface area contributed by atoms with Gasteiger partial charge in [0.25, 0.3) is 0 Å². The van der Waals surface area contributed by atoms with Gasteiger partial charge in [0.05, 0.1) is 5.69 Å². The lowest BCUT2D eigenvalue weighted by atomic mass is 10.1. The quantitative estimate of drug-likeness (QED) is 0.864. The van der Waals surface area contributed by atoms with Crippen LogP contribution in [0.5, 0.6) is 5.75 Å². The van der Waals surface area contributed by atoms with Crippen molar-refractivity contribution < 1.29 is 9.50 Å². The zero-order valence-corrected chi connectivity index (χ0v) is 10.6. The number of phenolic OH excluding ortho intramolecular Hbond substituents is 1. The van der Waals surface area contributed by atoms with Crippen molar-refractivity contribution in [2.75, 3.05) is 5.32 Å². The molecule has 18 heavy (non-hydrogen) atoms. The predicted molar refractivity (Wildman–Crippen MR) is 71.6 cm³/mol. The molecular weight excluding hydrogens is 253 g/mol. The molecule has 2 rings (SSSR count). The molecule has 1 atom stereocenters. The predicted octanol–water partition coefficient (Wildman–Crippen LogP) is 4.36. The highest BCUT2D eigenvalue weighted by atomic mass is 35.5. The van der Waals surface area contributed by atoms with E-state index in [1.165, 1.54) is 6.07 Å². The molecule has 0 aliphatic heterocycles. The van der Waals surface area contributed by atoms with Crippen molar-refractivity contribution in [1.29, 1.82) is 0 Å². The van der Waals surface area contributed by atoms with Gasteiger partial charge in [-0.25, -0.2) is 4.39 Å². The van der Waals surface area contributed by atoms with Gasteiger partial charge in [-0.2, -0.15) is 0 Å². The Hall–Kier alpha value is -1.74. The fourth-order valence-corrected chi connectivity index (χ4v) is 1.88. The molecule has 2 nitrogen and oxygen atoms in total. The van der Waals surface area contributed by atoms with Crippen LogP contribution in [0, 0.1) is 5.82 Å². The molecule has 0 fully saturated rings. The largest absolute Gasteiger partial charge is 0.508 e. The molecular formula is C14H13ClFNO. The Morgan fingerprint density at radius 2 is 2.00 bits per heavy atom. The molecule has 0 aliphatic rings. The summed E-state index contributed by atoms with van der Waals surface area (Å²) in [6, 6.07) is 11.2. The van der Waals surface area contributed by atoms with Gasteiger partial charge in [0.1, 0.15) is 11.6 Å². The molecule has 0 saturated carbocycles. The van der Waals surface area contributed by atoms with Crippen LogP contribution in [0.3, 0.4) is 0 Å². The number of anilines is 1. The maximum absolute atomic E-state index is 13.6. The van der Waals surface area contributed by atoms with E-state index in [1.807, 2.05) is 13.0 Å². The topological polar surface area (TPSA) is 32.3 Å². The maximum atomic E-state index is 13.6. The first kappa shape index (κ1) is 12.7. The number of hydrogen-bond donors (Lipinski definition) is 2. The van der Waals surface area contributed by atoms with Crippen molar-refractivity contribution in [1.82, 2.24) is 0 Å². The molecule has 2 aromatic rings. The van der Waals surface area contributed by atoms with Crippen molar-refractivity contribution in [2.24, 2.45) is 0 Å². The van der Waals surface area contributed by atoms with E-state index in [4.69, 9.17) is 11.6 Å². The highest BCUT2D eigenvalue weighted by Crippen LogP contribution is 2.25. The molecule has 94 valence electrons. The highest BCUT2D eigenvalue weighted by Gasteiger charge is 2.09. The average Bonchev–Trinajstić information content (AvgIpc) is 2.32. The van der Waals surface area contributed by atoms with Crippen LogP contribution >= 0.6 is 11.6 Å². The summed E-state index contributed by atoms with van der Waals surface area (Å²) in [6.07, 6.45) is 0. The Morgan fingerprint density at radius 1 is 1.22 bits per heavy atom. The van der Waals surface area contributed by atoms with Crippen LogP contribution < -0.4 is 5.32 Å². The summed E-state index contributed by atoms with van der Waals surface area (Å²) < 4.78 is 13.6. The van der Waals surface area contributed by atoms with E-state index < -0.39 is 5.82 Å². The van der Waals surface area contributed by atoms with Gasteiger partial charge >= 0.3 is 0 Å². The summed E-state index contributed by atoms with van der Waals surface area (Å²) in [4.78, 5) is 0. The number of aromatic hydroxyl groups is 1. The van der Waals surface area contributed by atoms with E-state index in [2.05, 4.69) is 5.32 Å². The standard InChI is InChI=1S/C14H13ClFNO/c1-9(10-3-2-4-12(18)7-10)17-14-6-5-11(15)8-13(14)16/h2-9,17-18H,1H3. The average molecular weight is 266 g/mol. The third kappa shape index (κ3) is 2.93. The molecule has 0 heterocycles. The van der Waals surface area contributed by atoms with Gasteiger partial charge in [0.15, 0.2) is 0 Å². The summed E-state index contributed by atoms with van der Waals surface area (Å²) in [6.45, 7) is 1.89. The van der Waals surface area contributed by atoms with Gasteiger partial charge < -0.3 is 10.4 Å². The third-order valence-electron chi connectivity index (χ3n) is 2.67. The van der Waals surface area contributed by atoms with Gasteiger partial charge in [-0.3, -0.25) is 0 Å². The van der Waals surface area contributed by atoms with Gasteiger partial charge in [0, 0.05) is 11.1 Å². The molecule has 0 amide bonds. The van der Waals surface area contributed by atoms with Crippen LogP contribution in [0.15, 0.2) is 42.5 Å². The molecule has 1 unspecified atom stereocenters. The van der Waals surface area contributed by atoms with Crippen LogP contribution in [-0.4, -0.2) is 5.11 Å². The van der Waals surface area contributed by atoms with Gasteiger partial charge in [0.2, 0.25) is 0 Å². The van der Waals surface area contributed by atoms with E-state index in [1.54, 1.807) is 30.3 Å². The van der Waals surface area contributed by atoms with Crippen molar-refractivity contribution >= 4 is 17.3 Å². The van der Waals surface area contributed by atoms with E-state index in [-0.39, 0.29) is 11.8 Å². The van der Waals surface area contributed by atoms with Gasteiger partial charge in [-0.05, 0) is 42.8 Å². The van der Waals surface area contributed by atoms with Crippen LogP contribution in [0.25, 0.3) is 0 Å². The summed E-state index contributed by atoms with van der Waals surface area (Å²) in [5.74, 6) is -0.202. The maximum Gasteiger partial charge on any atom is 0.147 e. The fraction of sp³-hybridized carbons (Fsp3) is 0.143. The third-order valence-corrected chi connectivity index (χ3v) is 2.91. The molecule has 0 spiro atoms. The normalized spacial score (nSPS) is 12.2. The first-order chi connectivity index (χ1) is 8.56. The zero-order chi connectivity index (χ0) is 13.1. The van der Waals surface area contributed by atoms with Crippen molar-refractivity contribution in [3.8, 4) is 5.75 Å². The minimum Gasteiger partial charge on any atom is -0.508 e. The minimum absolute atomic E-state index is 0.118.